The molecule has 2 aromatic carbocycles. The number of hydrogen-bond donors (Lipinski definition) is 2. The number of pyridine rings is 1. The van der Waals surface area contributed by atoms with Gasteiger partial charge in [-0.3, -0.25) is 4.98 Å². The summed E-state index contributed by atoms with van der Waals surface area (Å²) in [6.07, 6.45) is 1.73. The zero-order valence-electron chi connectivity index (χ0n) is 18.5. The molecule has 2 aromatic heterocycles. The van der Waals surface area contributed by atoms with Crippen LogP contribution in [0, 0.1) is 19.7 Å². The fourth-order valence-electron chi connectivity index (χ4n) is 4.71. The summed E-state index contributed by atoms with van der Waals surface area (Å²) < 4.78 is 16.9. The van der Waals surface area contributed by atoms with Gasteiger partial charge in [0, 0.05) is 22.6 Å². The van der Waals surface area contributed by atoms with E-state index in [4.69, 9.17) is 23.8 Å². The van der Waals surface area contributed by atoms with Gasteiger partial charge in [-0.1, -0.05) is 29.8 Å². The molecule has 1 saturated heterocycles. The molecule has 1 fully saturated rings. The van der Waals surface area contributed by atoms with Gasteiger partial charge in [-0.25, -0.2) is 4.39 Å². The van der Waals surface area contributed by atoms with E-state index < -0.39 is 0 Å². The Morgan fingerprint density at radius 2 is 1.79 bits per heavy atom. The maximum Gasteiger partial charge on any atom is 0.174 e. The summed E-state index contributed by atoms with van der Waals surface area (Å²) in [4.78, 5) is 6.37. The second kappa shape index (κ2) is 8.74. The van der Waals surface area contributed by atoms with Crippen LogP contribution in [0.15, 0.2) is 72.9 Å². The highest BCUT2D eigenvalue weighted by atomic mass is 35.5. The fraction of sp³-hybridized carbons (Fsp3) is 0.154. The molecule has 0 unspecified atom stereocenters. The zero-order chi connectivity index (χ0) is 24.0. The first kappa shape index (κ1) is 22.4. The number of phenols is 1. The van der Waals surface area contributed by atoms with Crippen LogP contribution in [0.4, 0.5) is 10.1 Å². The molecule has 0 aliphatic carbocycles. The van der Waals surface area contributed by atoms with Crippen LogP contribution >= 0.6 is 23.8 Å². The highest BCUT2D eigenvalue weighted by Crippen LogP contribution is 2.44. The SMILES string of the molecule is Cc1cc([C@@H]2[C@H](c3ccccn3)NC(=S)N2c2ccccc2F)c(C)n1-c1cc(Cl)ccc1O. The number of thiocarbonyl (C=S) groups is 1. The zero-order valence-corrected chi connectivity index (χ0v) is 20.1. The molecule has 5 rings (SSSR count). The molecule has 2 atom stereocenters. The molecule has 4 aromatic rings. The smallest absolute Gasteiger partial charge is 0.174 e. The van der Waals surface area contributed by atoms with Crippen molar-refractivity contribution in [1.29, 1.82) is 0 Å². The van der Waals surface area contributed by atoms with Gasteiger partial charge in [0.15, 0.2) is 5.11 Å². The molecule has 5 nitrogen and oxygen atoms in total. The van der Waals surface area contributed by atoms with E-state index >= 15 is 0 Å². The number of para-hydroxylation sites is 1. The van der Waals surface area contributed by atoms with Gasteiger partial charge in [-0.05, 0) is 80.2 Å². The van der Waals surface area contributed by atoms with Crippen LogP contribution in [0.5, 0.6) is 5.75 Å². The van der Waals surface area contributed by atoms with Crippen molar-refractivity contribution < 1.29 is 9.50 Å². The van der Waals surface area contributed by atoms with Crippen LogP contribution in [0.2, 0.25) is 5.02 Å². The number of anilines is 1. The van der Waals surface area contributed by atoms with Gasteiger partial charge in [0.1, 0.15) is 11.6 Å². The highest BCUT2D eigenvalue weighted by molar-refractivity contribution is 7.80. The quantitative estimate of drug-likeness (QED) is 0.334. The van der Waals surface area contributed by atoms with E-state index in [1.165, 1.54) is 6.07 Å². The number of benzene rings is 2. The monoisotopic (exact) mass is 492 g/mol. The molecular weight excluding hydrogens is 471 g/mol. The predicted molar refractivity (Wildman–Crippen MR) is 136 cm³/mol. The van der Waals surface area contributed by atoms with Gasteiger partial charge in [0.05, 0.1) is 29.2 Å². The number of nitrogens with zero attached hydrogens (tertiary/aromatic N) is 3. The number of hydrogen-bond acceptors (Lipinski definition) is 3. The molecule has 0 bridgehead atoms. The second-order valence-corrected chi connectivity index (χ2v) is 9.07. The Bertz CT molecular complexity index is 1390. The molecule has 34 heavy (non-hydrogen) atoms. The standard InChI is InChI=1S/C26H22ClFN4OS/c1-15-13-18(16(2)31(15)22-14-17(27)10-11-23(22)33)25-24(20-8-5-6-12-29-20)30-26(34)32(25)21-9-4-3-7-19(21)28/h3-14,24-25,33H,1-2H3,(H,30,34)/t24-,25+/m0/s1. The van der Waals surface area contributed by atoms with Crippen LogP contribution in [0.3, 0.4) is 0 Å². The Kier molecular flexibility index (Phi) is 5.75. The predicted octanol–water partition coefficient (Wildman–Crippen LogP) is 6.16. The molecule has 2 N–H and O–H groups in total. The highest BCUT2D eigenvalue weighted by Gasteiger charge is 2.43. The maximum atomic E-state index is 15.0. The summed E-state index contributed by atoms with van der Waals surface area (Å²) in [6.45, 7) is 3.93. The van der Waals surface area contributed by atoms with Gasteiger partial charge in [-0.15, -0.1) is 0 Å². The average Bonchev–Trinajstić information content (AvgIpc) is 3.31. The molecule has 1 aliphatic heterocycles. The topological polar surface area (TPSA) is 53.3 Å². The van der Waals surface area contributed by atoms with Crippen molar-refractivity contribution in [3.8, 4) is 11.4 Å². The Morgan fingerprint density at radius 1 is 1.03 bits per heavy atom. The Hall–Kier alpha value is -3.42. The van der Waals surface area contributed by atoms with Crippen molar-refractivity contribution in [3.05, 3.63) is 106 Å². The van der Waals surface area contributed by atoms with Gasteiger partial charge >= 0.3 is 0 Å². The molecule has 3 heterocycles. The Morgan fingerprint density at radius 3 is 2.53 bits per heavy atom. The number of aromatic nitrogens is 2. The van der Waals surface area contributed by atoms with Crippen LogP contribution in [-0.2, 0) is 0 Å². The molecule has 0 amide bonds. The molecule has 0 radical (unpaired) electrons. The lowest BCUT2D eigenvalue weighted by Gasteiger charge is -2.28. The normalized spacial score (nSPS) is 17.8. The Labute approximate surface area is 207 Å². The fourth-order valence-corrected chi connectivity index (χ4v) is 5.22. The van der Waals surface area contributed by atoms with Gasteiger partial charge in [0.25, 0.3) is 0 Å². The second-order valence-electron chi connectivity index (χ2n) is 8.24. The van der Waals surface area contributed by atoms with Crippen molar-refractivity contribution in [1.82, 2.24) is 14.9 Å². The average molecular weight is 493 g/mol. The third kappa shape index (κ3) is 3.71. The van der Waals surface area contributed by atoms with E-state index in [1.807, 2.05) is 47.6 Å². The third-order valence-corrected chi connectivity index (χ3v) is 6.73. The minimum absolute atomic E-state index is 0.116. The lowest BCUT2D eigenvalue weighted by atomic mass is 9.96. The maximum absolute atomic E-state index is 15.0. The van der Waals surface area contributed by atoms with E-state index in [2.05, 4.69) is 10.3 Å². The van der Waals surface area contributed by atoms with Gasteiger partial charge in [-0.2, -0.15) is 0 Å². The first-order valence-corrected chi connectivity index (χ1v) is 11.6. The molecule has 172 valence electrons. The number of aryl methyl sites for hydroxylation is 1. The van der Waals surface area contributed by atoms with Crippen LogP contribution in [-0.4, -0.2) is 19.8 Å². The van der Waals surface area contributed by atoms with Crippen molar-refractivity contribution in [2.45, 2.75) is 25.9 Å². The summed E-state index contributed by atoms with van der Waals surface area (Å²) in [5.41, 5.74) is 4.48. The van der Waals surface area contributed by atoms with E-state index in [1.54, 1.807) is 42.6 Å². The van der Waals surface area contributed by atoms with Crippen molar-refractivity contribution in [2.75, 3.05) is 4.90 Å². The molecule has 8 heteroatoms. The molecule has 0 spiro atoms. The first-order chi connectivity index (χ1) is 16.4. The van der Waals surface area contributed by atoms with Gasteiger partial charge in [0.2, 0.25) is 0 Å². The van der Waals surface area contributed by atoms with Crippen LogP contribution in [0.25, 0.3) is 5.69 Å². The number of phenolic OH excluding ortho intramolecular Hbond substituents is 1. The summed E-state index contributed by atoms with van der Waals surface area (Å²) >= 11 is 11.9. The van der Waals surface area contributed by atoms with Crippen LogP contribution in [0.1, 0.15) is 34.7 Å². The lowest BCUT2D eigenvalue weighted by molar-refractivity contribution is 0.471. The van der Waals surface area contributed by atoms with Crippen molar-refractivity contribution >= 4 is 34.6 Å². The summed E-state index contributed by atoms with van der Waals surface area (Å²) in [6, 6.07) is 18.6. The third-order valence-electron chi connectivity index (χ3n) is 6.18. The first-order valence-electron chi connectivity index (χ1n) is 10.8. The van der Waals surface area contributed by atoms with Crippen molar-refractivity contribution in [2.24, 2.45) is 0 Å². The molecule has 1 aliphatic rings. The summed E-state index contributed by atoms with van der Waals surface area (Å²) in [5.74, 6) is -0.246. The molecule has 0 saturated carbocycles. The van der Waals surface area contributed by atoms with E-state index in [-0.39, 0.29) is 23.7 Å². The number of rotatable bonds is 4. The van der Waals surface area contributed by atoms with E-state index in [0.717, 1.165) is 22.6 Å². The van der Waals surface area contributed by atoms with E-state index in [9.17, 15) is 9.50 Å². The summed E-state index contributed by atoms with van der Waals surface area (Å²) in [5, 5.41) is 14.9. The number of halogens is 2. The Balaban J connectivity index is 1.72. The summed E-state index contributed by atoms with van der Waals surface area (Å²) in [7, 11) is 0. The number of nitrogens with one attached hydrogen (secondary N) is 1. The molecular formula is C26H22ClFN4OS. The minimum Gasteiger partial charge on any atom is -0.506 e. The van der Waals surface area contributed by atoms with Crippen molar-refractivity contribution in [3.63, 3.8) is 0 Å². The lowest BCUT2D eigenvalue weighted by Crippen LogP contribution is -2.30. The van der Waals surface area contributed by atoms with E-state index in [0.29, 0.717) is 21.5 Å². The largest absolute Gasteiger partial charge is 0.506 e. The minimum atomic E-state index is -0.374. The van der Waals surface area contributed by atoms with Crippen LogP contribution < -0.4 is 10.2 Å². The number of aromatic hydroxyl groups is 1. The van der Waals surface area contributed by atoms with Gasteiger partial charge < -0.3 is 19.9 Å².